The lowest BCUT2D eigenvalue weighted by Gasteiger charge is -2.07. The quantitative estimate of drug-likeness (QED) is 0.175. The molecule has 2 aromatic carbocycles. The van der Waals surface area contributed by atoms with Gasteiger partial charge in [0, 0.05) is 31.9 Å². The molecule has 0 saturated carbocycles. The summed E-state index contributed by atoms with van der Waals surface area (Å²) in [5, 5.41) is 8.78. The molecule has 11 nitrogen and oxygen atoms in total. The topological polar surface area (TPSA) is 134 Å². The van der Waals surface area contributed by atoms with Crippen LogP contribution in [0.25, 0.3) is 33.4 Å². The number of fused-ring (bicyclic) bond motifs is 2. The Labute approximate surface area is 287 Å². The molecule has 0 aliphatic rings. The summed E-state index contributed by atoms with van der Waals surface area (Å²) < 4.78 is 15.9. The van der Waals surface area contributed by atoms with Gasteiger partial charge in [0.2, 0.25) is 5.43 Å². The van der Waals surface area contributed by atoms with Gasteiger partial charge >= 0.3 is 11.9 Å². The van der Waals surface area contributed by atoms with Crippen LogP contribution in [0, 0.1) is 0 Å². The maximum absolute atomic E-state index is 12.3. The van der Waals surface area contributed by atoms with Crippen molar-refractivity contribution in [3.63, 3.8) is 0 Å². The molecule has 15 heteroatoms. The van der Waals surface area contributed by atoms with Crippen LogP contribution < -0.4 is 5.43 Å². The molecule has 232 valence electrons. The first-order valence-electron chi connectivity index (χ1n) is 13.2. The molecule has 0 spiro atoms. The molecule has 4 heterocycles. The number of rotatable bonds is 6. The van der Waals surface area contributed by atoms with Gasteiger partial charge in [-0.05, 0) is 84.4 Å². The number of hydrogen-bond acceptors (Lipinski definition) is 8. The van der Waals surface area contributed by atoms with E-state index in [0.29, 0.717) is 34.5 Å². The maximum atomic E-state index is 12.3. The molecule has 0 aliphatic heterocycles. The van der Waals surface area contributed by atoms with E-state index in [4.69, 9.17) is 9.47 Å². The van der Waals surface area contributed by atoms with Crippen molar-refractivity contribution >= 4 is 94.2 Å². The van der Waals surface area contributed by atoms with Gasteiger partial charge in [-0.2, -0.15) is 10.2 Å². The van der Waals surface area contributed by atoms with Gasteiger partial charge in [0.1, 0.15) is 16.6 Å². The van der Waals surface area contributed by atoms with Crippen molar-refractivity contribution < 1.29 is 19.1 Å². The number of carbonyl (C=O) groups excluding carboxylic acids is 2. The zero-order chi connectivity index (χ0) is 31.4. The molecule has 4 aromatic heterocycles. The molecular weight excluding hydrogens is 800 g/mol. The molecule has 0 saturated heterocycles. The van der Waals surface area contributed by atoms with E-state index in [1.165, 1.54) is 16.9 Å². The Hall–Kier alpha value is -3.85. The Morgan fingerprint density at radius 1 is 0.733 bits per heavy atom. The van der Waals surface area contributed by atoms with E-state index in [0.717, 1.165) is 19.1 Å². The first-order valence-corrected chi connectivity index (χ1v) is 15.6. The first-order chi connectivity index (χ1) is 21.2. The van der Waals surface area contributed by atoms with Gasteiger partial charge in [0.25, 0.3) is 0 Å². The number of ether oxygens (including phenoxy) is 2. The smallest absolute Gasteiger partial charge is 0.359 e. The average Bonchev–Trinajstić information content (AvgIpc) is 3.60. The van der Waals surface area contributed by atoms with E-state index in [1.54, 1.807) is 42.9 Å². The average molecular weight is 824 g/mol. The Kier molecular flexibility index (Phi) is 11.3. The summed E-state index contributed by atoms with van der Waals surface area (Å²) in [6.07, 6.45) is 3.11. The largest absolute Gasteiger partial charge is 0.461 e. The van der Waals surface area contributed by atoms with Crippen molar-refractivity contribution in [1.82, 2.24) is 29.5 Å². The third-order valence-electron chi connectivity index (χ3n) is 6.17. The molecule has 6 aromatic rings. The number of carbonyl (C=O) groups is 2. The molecule has 45 heavy (non-hydrogen) atoms. The second-order valence-electron chi connectivity index (χ2n) is 8.97. The van der Waals surface area contributed by atoms with E-state index in [-0.39, 0.29) is 35.7 Å². The Bertz CT molecular complexity index is 2040. The number of nitrogens with zero attached hydrogens (tertiary/aromatic N) is 5. The Balaban J connectivity index is 0.000000200. The van der Waals surface area contributed by atoms with Crippen LogP contribution in [0.2, 0.25) is 0 Å². The highest BCUT2D eigenvalue weighted by Gasteiger charge is 2.24. The monoisotopic (exact) mass is 820 g/mol. The molecule has 0 atom stereocenters. The fourth-order valence-electron chi connectivity index (χ4n) is 4.26. The third-order valence-corrected chi connectivity index (χ3v) is 7.87. The number of benzene rings is 2. The van der Waals surface area contributed by atoms with Crippen LogP contribution in [0.4, 0.5) is 0 Å². The van der Waals surface area contributed by atoms with Crippen molar-refractivity contribution in [2.45, 2.75) is 13.8 Å². The molecule has 0 aliphatic carbocycles. The van der Waals surface area contributed by atoms with Crippen molar-refractivity contribution in [2.24, 2.45) is 0 Å². The van der Waals surface area contributed by atoms with Crippen LogP contribution in [0.5, 0.6) is 0 Å². The lowest BCUT2D eigenvalue weighted by Crippen LogP contribution is -2.12. The van der Waals surface area contributed by atoms with Gasteiger partial charge in [-0.1, -0.05) is 31.9 Å². The Morgan fingerprint density at radius 3 is 1.80 bits per heavy atom. The zero-order valence-electron chi connectivity index (χ0n) is 23.7. The second-order valence-corrected chi connectivity index (χ2v) is 11.7. The first kappa shape index (κ1) is 34.0. The van der Waals surface area contributed by atoms with E-state index in [1.807, 2.05) is 36.4 Å². The molecule has 0 bridgehead atoms. The van der Waals surface area contributed by atoms with E-state index in [2.05, 4.69) is 68.0 Å². The standard InChI is InChI=1S/C15H11Br2N3O2.C15H12BrN3O3.ClH/c1-2-22-15(21)14-13-12(11(17)7-8-18-13)19-20(14)10-5-3-9(16)4-6-10;1-2-22-15(21)14-13-12(11(20)7-8-17-13)18-19(14)10-5-3-9(16)4-6-10;/h3-8H,2H2,1H3;3-8,17H,2H2,1H3;1H. The highest BCUT2D eigenvalue weighted by Crippen LogP contribution is 2.27. The maximum Gasteiger partial charge on any atom is 0.359 e. The van der Waals surface area contributed by atoms with Gasteiger partial charge < -0.3 is 14.5 Å². The summed E-state index contributed by atoms with van der Waals surface area (Å²) in [6.45, 7) is 4.02. The minimum Gasteiger partial charge on any atom is -0.461 e. The van der Waals surface area contributed by atoms with Crippen LogP contribution in [-0.2, 0) is 9.47 Å². The van der Waals surface area contributed by atoms with Gasteiger partial charge in [-0.3, -0.25) is 9.78 Å². The van der Waals surface area contributed by atoms with Crippen molar-refractivity contribution in [1.29, 1.82) is 0 Å². The summed E-state index contributed by atoms with van der Waals surface area (Å²) in [5.74, 6) is -0.978. The predicted octanol–water partition coefficient (Wildman–Crippen LogP) is 7.20. The van der Waals surface area contributed by atoms with Gasteiger partial charge in [-0.15, -0.1) is 12.4 Å². The lowest BCUT2D eigenvalue weighted by atomic mass is 10.3. The summed E-state index contributed by atoms with van der Waals surface area (Å²) in [4.78, 5) is 43.8. The normalized spacial score (nSPS) is 10.6. The minimum absolute atomic E-state index is 0. The van der Waals surface area contributed by atoms with Crippen LogP contribution in [0.15, 0.2) is 91.3 Å². The number of aromatic nitrogens is 6. The summed E-state index contributed by atoms with van der Waals surface area (Å²) in [6, 6.07) is 17.9. The summed E-state index contributed by atoms with van der Waals surface area (Å²) in [7, 11) is 0. The molecule has 1 N–H and O–H groups in total. The highest BCUT2D eigenvalue weighted by atomic mass is 79.9. The summed E-state index contributed by atoms with van der Waals surface area (Å²) >= 11 is 10.2. The van der Waals surface area contributed by atoms with Crippen LogP contribution in [-0.4, -0.2) is 54.7 Å². The van der Waals surface area contributed by atoms with Crippen molar-refractivity contribution in [2.75, 3.05) is 13.2 Å². The van der Waals surface area contributed by atoms with Crippen LogP contribution in [0.1, 0.15) is 34.8 Å². The molecule has 6 rings (SSSR count). The number of aromatic amines is 1. The molecule has 0 unspecified atom stereocenters. The highest BCUT2D eigenvalue weighted by molar-refractivity contribution is 9.11. The number of halogens is 4. The third kappa shape index (κ3) is 7.19. The number of H-pyrrole nitrogens is 1. The van der Waals surface area contributed by atoms with E-state index in [9.17, 15) is 14.4 Å². The number of esters is 2. The van der Waals surface area contributed by atoms with Crippen molar-refractivity contribution in [3.05, 3.63) is 108 Å². The minimum atomic E-state index is -0.533. The fourth-order valence-corrected chi connectivity index (χ4v) is 5.18. The number of pyridine rings is 2. The SMILES string of the molecule is CCOC(=O)c1c2[nH]ccc(=O)c2nn1-c1ccc(Br)cc1.CCOC(=O)c1c2nccc(Br)c2nn1-c1ccc(Br)cc1.Cl. The Morgan fingerprint density at radius 2 is 1.24 bits per heavy atom. The van der Waals surface area contributed by atoms with Crippen LogP contribution >= 0.6 is 60.2 Å². The number of nitrogens with one attached hydrogen (secondary N) is 1. The zero-order valence-corrected chi connectivity index (χ0v) is 29.2. The van der Waals surface area contributed by atoms with Crippen molar-refractivity contribution in [3.8, 4) is 11.4 Å². The lowest BCUT2D eigenvalue weighted by molar-refractivity contribution is 0.0508. The molecule has 0 radical (unpaired) electrons. The predicted molar refractivity (Wildman–Crippen MR) is 183 cm³/mol. The van der Waals surface area contributed by atoms with Gasteiger partial charge in [-0.25, -0.2) is 19.0 Å². The summed E-state index contributed by atoms with van der Waals surface area (Å²) in [5.41, 5.74) is 3.39. The van der Waals surface area contributed by atoms with Gasteiger partial charge in [0.05, 0.1) is 24.6 Å². The molecular formula is C30H24Br3ClN6O5. The molecule has 0 fully saturated rings. The van der Waals surface area contributed by atoms with E-state index < -0.39 is 11.9 Å². The second kappa shape index (κ2) is 15.0. The fraction of sp³-hybridized carbons (Fsp3) is 0.133. The number of hydrogen-bond donors (Lipinski definition) is 1. The van der Waals surface area contributed by atoms with Gasteiger partial charge in [0.15, 0.2) is 16.9 Å². The van der Waals surface area contributed by atoms with E-state index >= 15 is 0 Å². The van der Waals surface area contributed by atoms with Crippen LogP contribution in [0.3, 0.4) is 0 Å². The molecule has 0 amide bonds.